The highest BCUT2D eigenvalue weighted by molar-refractivity contribution is 5.89. The van der Waals surface area contributed by atoms with Crippen LogP contribution < -0.4 is 10.6 Å². The quantitative estimate of drug-likeness (QED) is 0.812. The number of carbonyl (C=O) groups excluding carboxylic acids is 1. The number of aliphatic hydroxyl groups is 1. The van der Waals surface area contributed by atoms with E-state index in [0.29, 0.717) is 22.8 Å². The Morgan fingerprint density at radius 1 is 1.36 bits per heavy atom. The molecule has 118 valence electrons. The number of hydrogen-bond donors (Lipinski definition) is 3. The van der Waals surface area contributed by atoms with Crippen LogP contribution >= 0.6 is 0 Å². The zero-order valence-electron chi connectivity index (χ0n) is 12.7. The first-order chi connectivity index (χ1) is 10.3. The van der Waals surface area contributed by atoms with E-state index >= 15 is 0 Å². The molecule has 1 unspecified atom stereocenters. The van der Waals surface area contributed by atoms with Gasteiger partial charge in [-0.15, -0.1) is 0 Å². The molecule has 0 aliphatic carbocycles. The highest BCUT2D eigenvalue weighted by Crippen LogP contribution is 2.26. The smallest absolute Gasteiger partial charge is 0.319 e. The molecule has 2 amide bonds. The van der Waals surface area contributed by atoms with Crippen LogP contribution in [0.5, 0.6) is 0 Å². The molecule has 0 aliphatic rings. The highest BCUT2D eigenvalue weighted by Gasteiger charge is 2.28. The number of furan rings is 1. The molecule has 0 saturated carbocycles. The molecule has 0 radical (unpaired) electrons. The summed E-state index contributed by atoms with van der Waals surface area (Å²) in [6.45, 7) is 5.13. The van der Waals surface area contributed by atoms with Crippen molar-refractivity contribution in [2.24, 2.45) is 0 Å². The van der Waals surface area contributed by atoms with Crippen molar-refractivity contribution in [2.75, 3.05) is 11.9 Å². The molecule has 2 rings (SSSR count). The van der Waals surface area contributed by atoms with E-state index in [0.717, 1.165) is 0 Å². The van der Waals surface area contributed by atoms with Crippen LogP contribution in [-0.2, 0) is 5.60 Å². The zero-order chi connectivity index (χ0) is 16.3. The standard InChI is InChI=1S/C16H19FN2O3/c1-10-7-14(11(2)22-10)16(3,21)9-18-15(20)19-13-6-4-5-12(17)8-13/h4-8,21H,9H2,1-3H3,(H2,18,19,20). The van der Waals surface area contributed by atoms with Crippen LogP contribution in [0.2, 0.25) is 0 Å². The van der Waals surface area contributed by atoms with E-state index in [-0.39, 0.29) is 6.54 Å². The van der Waals surface area contributed by atoms with Gasteiger partial charge in [-0.05, 0) is 45.0 Å². The van der Waals surface area contributed by atoms with Gasteiger partial charge in [0, 0.05) is 11.3 Å². The number of aryl methyl sites for hydroxylation is 2. The summed E-state index contributed by atoms with van der Waals surface area (Å²) in [7, 11) is 0. The number of rotatable bonds is 4. The summed E-state index contributed by atoms with van der Waals surface area (Å²) in [5, 5.41) is 15.5. The second-order valence-corrected chi connectivity index (χ2v) is 5.42. The second kappa shape index (κ2) is 6.19. The van der Waals surface area contributed by atoms with Gasteiger partial charge in [-0.1, -0.05) is 6.07 Å². The maximum atomic E-state index is 13.0. The van der Waals surface area contributed by atoms with Crippen molar-refractivity contribution in [2.45, 2.75) is 26.4 Å². The van der Waals surface area contributed by atoms with Crippen LogP contribution in [0.1, 0.15) is 24.0 Å². The molecule has 2 aromatic rings. The fourth-order valence-corrected chi connectivity index (χ4v) is 2.25. The van der Waals surface area contributed by atoms with Crippen LogP contribution in [0.3, 0.4) is 0 Å². The first kappa shape index (κ1) is 16.0. The molecule has 1 heterocycles. The Kier molecular flexibility index (Phi) is 4.51. The fourth-order valence-electron chi connectivity index (χ4n) is 2.25. The van der Waals surface area contributed by atoms with Crippen molar-refractivity contribution in [1.82, 2.24) is 5.32 Å². The fraction of sp³-hybridized carbons (Fsp3) is 0.312. The lowest BCUT2D eigenvalue weighted by molar-refractivity contribution is 0.0584. The Hall–Kier alpha value is -2.34. The lowest BCUT2D eigenvalue weighted by atomic mass is 9.96. The molecular weight excluding hydrogens is 287 g/mol. The predicted molar refractivity (Wildman–Crippen MR) is 81.2 cm³/mol. The van der Waals surface area contributed by atoms with Gasteiger partial charge in [0.25, 0.3) is 0 Å². The summed E-state index contributed by atoms with van der Waals surface area (Å²) in [5.74, 6) is 0.862. The molecule has 1 atom stereocenters. The number of carbonyl (C=O) groups is 1. The molecule has 1 aromatic carbocycles. The van der Waals surface area contributed by atoms with Crippen molar-refractivity contribution >= 4 is 11.7 Å². The van der Waals surface area contributed by atoms with Gasteiger partial charge in [0.15, 0.2) is 0 Å². The van der Waals surface area contributed by atoms with Gasteiger partial charge in [0.2, 0.25) is 0 Å². The van der Waals surface area contributed by atoms with Gasteiger partial charge in [-0.3, -0.25) is 0 Å². The zero-order valence-corrected chi connectivity index (χ0v) is 12.7. The third-order valence-corrected chi connectivity index (χ3v) is 3.30. The molecule has 1 aromatic heterocycles. The Morgan fingerprint density at radius 2 is 2.09 bits per heavy atom. The van der Waals surface area contributed by atoms with Gasteiger partial charge in [0.1, 0.15) is 22.9 Å². The second-order valence-electron chi connectivity index (χ2n) is 5.42. The number of urea groups is 1. The Labute approximate surface area is 128 Å². The number of benzene rings is 1. The summed E-state index contributed by atoms with van der Waals surface area (Å²) in [6, 6.07) is 6.79. The minimum Gasteiger partial charge on any atom is -0.466 e. The molecule has 0 aliphatic heterocycles. The first-order valence-corrected chi connectivity index (χ1v) is 6.88. The van der Waals surface area contributed by atoms with E-state index in [1.165, 1.54) is 18.2 Å². The summed E-state index contributed by atoms with van der Waals surface area (Å²) in [6.07, 6.45) is 0. The van der Waals surface area contributed by atoms with Crippen LogP contribution in [0.15, 0.2) is 34.7 Å². The maximum absolute atomic E-state index is 13.0. The van der Waals surface area contributed by atoms with Crippen LogP contribution in [0, 0.1) is 19.7 Å². The first-order valence-electron chi connectivity index (χ1n) is 6.88. The maximum Gasteiger partial charge on any atom is 0.319 e. The van der Waals surface area contributed by atoms with Crippen molar-refractivity contribution in [1.29, 1.82) is 0 Å². The predicted octanol–water partition coefficient (Wildman–Crippen LogP) is 3.06. The summed E-state index contributed by atoms with van der Waals surface area (Å²) >= 11 is 0. The highest BCUT2D eigenvalue weighted by atomic mass is 19.1. The Morgan fingerprint density at radius 3 is 2.68 bits per heavy atom. The SMILES string of the molecule is Cc1cc(C(C)(O)CNC(=O)Nc2cccc(F)c2)c(C)o1. The van der Waals surface area contributed by atoms with Crippen LogP contribution in [0.25, 0.3) is 0 Å². The summed E-state index contributed by atoms with van der Waals surface area (Å²) in [4.78, 5) is 11.8. The van der Waals surface area contributed by atoms with Gasteiger partial charge in [0.05, 0.1) is 6.54 Å². The lowest BCUT2D eigenvalue weighted by Gasteiger charge is -2.23. The third kappa shape index (κ3) is 3.85. The molecule has 5 nitrogen and oxygen atoms in total. The van der Waals surface area contributed by atoms with E-state index in [1.54, 1.807) is 32.9 Å². The van der Waals surface area contributed by atoms with Crippen molar-refractivity contribution in [3.63, 3.8) is 0 Å². The molecule has 0 fully saturated rings. The van der Waals surface area contributed by atoms with Crippen LogP contribution in [0.4, 0.5) is 14.9 Å². The summed E-state index contributed by atoms with van der Waals surface area (Å²) < 4.78 is 18.4. The lowest BCUT2D eigenvalue weighted by Crippen LogP contribution is -2.40. The Balaban J connectivity index is 1.96. The number of halogens is 1. The largest absolute Gasteiger partial charge is 0.466 e. The van der Waals surface area contributed by atoms with Gasteiger partial charge in [-0.25, -0.2) is 9.18 Å². The molecule has 22 heavy (non-hydrogen) atoms. The molecule has 0 spiro atoms. The van der Waals surface area contributed by atoms with Crippen molar-refractivity contribution in [3.05, 3.63) is 53.2 Å². The van der Waals surface area contributed by atoms with E-state index < -0.39 is 17.4 Å². The normalized spacial score (nSPS) is 13.5. The van der Waals surface area contributed by atoms with E-state index in [4.69, 9.17) is 4.42 Å². The average Bonchev–Trinajstić information content (AvgIpc) is 2.76. The molecule has 3 N–H and O–H groups in total. The molecule has 0 bridgehead atoms. The number of hydrogen-bond acceptors (Lipinski definition) is 3. The summed E-state index contributed by atoms with van der Waals surface area (Å²) in [5.41, 5.74) is -0.301. The van der Waals surface area contributed by atoms with Crippen molar-refractivity contribution < 1.29 is 18.7 Å². The number of amides is 2. The molecular formula is C16H19FN2O3. The molecule has 6 heteroatoms. The average molecular weight is 306 g/mol. The van der Waals surface area contributed by atoms with E-state index in [1.807, 2.05) is 0 Å². The van der Waals surface area contributed by atoms with E-state index in [2.05, 4.69) is 10.6 Å². The van der Waals surface area contributed by atoms with E-state index in [9.17, 15) is 14.3 Å². The minimum absolute atomic E-state index is 0.00599. The number of anilines is 1. The van der Waals surface area contributed by atoms with Gasteiger partial charge < -0.3 is 20.2 Å². The molecule has 0 saturated heterocycles. The minimum atomic E-state index is -1.26. The third-order valence-electron chi connectivity index (χ3n) is 3.30. The van der Waals surface area contributed by atoms with Gasteiger partial charge in [-0.2, -0.15) is 0 Å². The van der Waals surface area contributed by atoms with Crippen molar-refractivity contribution in [3.8, 4) is 0 Å². The number of nitrogens with one attached hydrogen (secondary N) is 2. The van der Waals surface area contributed by atoms with Crippen LogP contribution in [-0.4, -0.2) is 17.7 Å². The van der Waals surface area contributed by atoms with Gasteiger partial charge >= 0.3 is 6.03 Å². The topological polar surface area (TPSA) is 74.5 Å². The Bertz CT molecular complexity index is 680. The monoisotopic (exact) mass is 306 g/mol.